The van der Waals surface area contributed by atoms with Gasteiger partial charge in [-0.1, -0.05) is 0 Å². The van der Waals surface area contributed by atoms with E-state index < -0.39 is 0 Å². The summed E-state index contributed by atoms with van der Waals surface area (Å²) < 4.78 is 0. The van der Waals surface area contributed by atoms with Crippen LogP contribution in [0.25, 0.3) is 0 Å². The minimum atomic E-state index is -0.169. The molecule has 1 aromatic rings. The van der Waals surface area contributed by atoms with Crippen LogP contribution in [0.4, 0.5) is 9.80 Å². The highest BCUT2D eigenvalue weighted by molar-refractivity contribution is 7.16. The molecule has 17 heavy (non-hydrogen) atoms. The van der Waals surface area contributed by atoms with Gasteiger partial charge < -0.3 is 10.4 Å². The Labute approximate surface area is 105 Å². The van der Waals surface area contributed by atoms with Crippen molar-refractivity contribution >= 4 is 22.4 Å². The van der Waals surface area contributed by atoms with Gasteiger partial charge in [0.1, 0.15) is 0 Å². The second-order valence-electron chi connectivity index (χ2n) is 4.46. The van der Waals surface area contributed by atoms with E-state index in [0.29, 0.717) is 12.3 Å². The second-order valence-corrected chi connectivity index (χ2v) is 5.75. The molecular formula is C12H18N2O2S. The van der Waals surface area contributed by atoms with Gasteiger partial charge in [0.15, 0.2) is 0 Å². The fraction of sp³-hybridized carbons (Fsp3) is 0.583. The molecule has 0 aromatic carbocycles. The van der Waals surface area contributed by atoms with Gasteiger partial charge in [-0.2, -0.15) is 0 Å². The van der Waals surface area contributed by atoms with Crippen molar-refractivity contribution in [1.29, 1.82) is 0 Å². The predicted molar refractivity (Wildman–Crippen MR) is 69.4 cm³/mol. The first-order chi connectivity index (χ1) is 8.19. The van der Waals surface area contributed by atoms with Crippen molar-refractivity contribution in [2.24, 2.45) is 5.92 Å². The summed E-state index contributed by atoms with van der Waals surface area (Å²) >= 11 is 1.56. The van der Waals surface area contributed by atoms with Crippen molar-refractivity contribution < 1.29 is 9.90 Å². The number of hydrogen-bond acceptors (Lipinski definition) is 3. The van der Waals surface area contributed by atoms with Crippen molar-refractivity contribution in [3.63, 3.8) is 0 Å². The standard InChI is InChI=1S/C12H18N2O2S/c1-8-2-5-11(17-8)14-12(16)13-10(6-7-15)9-3-4-9/h2,5,9-10,15H,3-4,6-7H2,1H3,(H2,13,14,16). The fourth-order valence-corrected chi connectivity index (χ4v) is 2.64. The van der Waals surface area contributed by atoms with Gasteiger partial charge in [0.05, 0.1) is 5.00 Å². The molecule has 1 aliphatic carbocycles. The number of carbonyl (C=O) groups excluding carboxylic acids is 1. The summed E-state index contributed by atoms with van der Waals surface area (Å²) in [4.78, 5) is 12.9. The number of hydrogen-bond donors (Lipinski definition) is 3. The fourth-order valence-electron chi connectivity index (χ4n) is 1.88. The van der Waals surface area contributed by atoms with Crippen molar-refractivity contribution in [2.75, 3.05) is 11.9 Å². The number of rotatable bonds is 5. The number of nitrogens with one attached hydrogen (secondary N) is 2. The normalized spacial score (nSPS) is 16.6. The molecule has 0 spiro atoms. The van der Waals surface area contributed by atoms with E-state index in [-0.39, 0.29) is 18.7 Å². The molecule has 94 valence electrons. The van der Waals surface area contributed by atoms with Gasteiger partial charge in [-0.05, 0) is 44.2 Å². The highest BCUT2D eigenvalue weighted by Crippen LogP contribution is 2.34. The molecule has 1 saturated carbocycles. The first-order valence-corrected chi connectivity index (χ1v) is 6.75. The number of aliphatic hydroxyl groups is 1. The summed E-state index contributed by atoms with van der Waals surface area (Å²) in [5.41, 5.74) is 0. The molecule has 2 amide bonds. The Morgan fingerprint density at radius 1 is 1.59 bits per heavy atom. The van der Waals surface area contributed by atoms with Crippen LogP contribution in [-0.2, 0) is 0 Å². The molecule has 4 nitrogen and oxygen atoms in total. The van der Waals surface area contributed by atoms with Crippen molar-refractivity contribution in [1.82, 2.24) is 5.32 Å². The van der Waals surface area contributed by atoms with E-state index in [0.717, 1.165) is 17.8 Å². The Morgan fingerprint density at radius 2 is 2.35 bits per heavy atom. The molecule has 0 saturated heterocycles. The quantitative estimate of drug-likeness (QED) is 0.755. The Balaban J connectivity index is 1.83. The van der Waals surface area contributed by atoms with E-state index in [1.54, 1.807) is 11.3 Å². The minimum absolute atomic E-state index is 0.112. The molecule has 0 aliphatic heterocycles. The number of thiophene rings is 1. The number of urea groups is 1. The highest BCUT2D eigenvalue weighted by atomic mass is 32.1. The van der Waals surface area contributed by atoms with E-state index >= 15 is 0 Å². The molecule has 1 aliphatic rings. The van der Waals surface area contributed by atoms with Crippen LogP contribution >= 0.6 is 11.3 Å². The van der Waals surface area contributed by atoms with Crippen molar-refractivity contribution in [2.45, 2.75) is 32.2 Å². The predicted octanol–water partition coefficient (Wildman–Crippen LogP) is 2.34. The second kappa shape index (κ2) is 5.51. The lowest BCUT2D eigenvalue weighted by Crippen LogP contribution is -2.39. The van der Waals surface area contributed by atoms with Crippen LogP contribution in [0.1, 0.15) is 24.1 Å². The number of carbonyl (C=O) groups is 1. The lowest BCUT2D eigenvalue weighted by molar-refractivity contribution is 0.234. The van der Waals surface area contributed by atoms with Gasteiger partial charge in [-0.25, -0.2) is 4.79 Å². The molecule has 1 atom stereocenters. The third-order valence-corrected chi connectivity index (χ3v) is 3.84. The number of anilines is 1. The maximum atomic E-state index is 11.7. The summed E-state index contributed by atoms with van der Waals surface area (Å²) in [6, 6.07) is 3.82. The Morgan fingerprint density at radius 3 is 2.88 bits per heavy atom. The third kappa shape index (κ3) is 3.71. The molecule has 1 unspecified atom stereocenters. The molecule has 1 fully saturated rings. The van der Waals surface area contributed by atoms with Crippen LogP contribution in [0.5, 0.6) is 0 Å². The van der Waals surface area contributed by atoms with Crippen molar-refractivity contribution in [3.8, 4) is 0 Å². The molecular weight excluding hydrogens is 236 g/mol. The lowest BCUT2D eigenvalue weighted by Gasteiger charge is -2.17. The Bertz CT molecular complexity index is 388. The Hall–Kier alpha value is -1.07. The molecule has 3 N–H and O–H groups in total. The van der Waals surface area contributed by atoms with Crippen molar-refractivity contribution in [3.05, 3.63) is 17.0 Å². The van der Waals surface area contributed by atoms with Gasteiger partial charge in [0, 0.05) is 17.5 Å². The van der Waals surface area contributed by atoms with Gasteiger partial charge in [0.2, 0.25) is 0 Å². The SMILES string of the molecule is Cc1ccc(NC(=O)NC(CCO)C2CC2)s1. The number of aliphatic hydroxyl groups excluding tert-OH is 1. The van der Waals surface area contributed by atoms with E-state index in [1.165, 1.54) is 4.88 Å². The minimum Gasteiger partial charge on any atom is -0.396 e. The summed E-state index contributed by atoms with van der Waals surface area (Å²) in [5, 5.41) is 15.6. The van der Waals surface area contributed by atoms with Crippen LogP contribution < -0.4 is 10.6 Å². The number of amides is 2. The van der Waals surface area contributed by atoms with Crippen LogP contribution in [-0.4, -0.2) is 23.8 Å². The summed E-state index contributed by atoms with van der Waals surface area (Å²) in [6.07, 6.45) is 2.95. The van der Waals surface area contributed by atoms with Crippen LogP contribution in [0, 0.1) is 12.8 Å². The average Bonchev–Trinajstić information content (AvgIpc) is 3.03. The zero-order valence-corrected chi connectivity index (χ0v) is 10.7. The first-order valence-electron chi connectivity index (χ1n) is 5.94. The highest BCUT2D eigenvalue weighted by Gasteiger charge is 2.31. The largest absolute Gasteiger partial charge is 0.396 e. The summed E-state index contributed by atoms with van der Waals surface area (Å²) in [7, 11) is 0. The molecule has 2 rings (SSSR count). The smallest absolute Gasteiger partial charge is 0.320 e. The summed E-state index contributed by atoms with van der Waals surface area (Å²) in [6.45, 7) is 2.13. The maximum Gasteiger partial charge on any atom is 0.320 e. The molecule has 0 bridgehead atoms. The molecule has 1 aromatic heterocycles. The first kappa shape index (κ1) is 12.4. The van der Waals surface area contributed by atoms with E-state index in [4.69, 9.17) is 5.11 Å². The molecule has 0 radical (unpaired) electrons. The van der Waals surface area contributed by atoms with Gasteiger partial charge in [-0.15, -0.1) is 11.3 Å². The van der Waals surface area contributed by atoms with Crippen LogP contribution in [0.2, 0.25) is 0 Å². The topological polar surface area (TPSA) is 61.4 Å². The average molecular weight is 254 g/mol. The zero-order valence-electron chi connectivity index (χ0n) is 9.90. The molecule has 1 heterocycles. The zero-order chi connectivity index (χ0) is 12.3. The van der Waals surface area contributed by atoms with Gasteiger partial charge in [-0.3, -0.25) is 5.32 Å². The van der Waals surface area contributed by atoms with E-state index in [9.17, 15) is 4.79 Å². The van der Waals surface area contributed by atoms with E-state index in [1.807, 2.05) is 19.1 Å². The maximum absolute atomic E-state index is 11.7. The van der Waals surface area contributed by atoms with Crippen LogP contribution in [0.15, 0.2) is 12.1 Å². The van der Waals surface area contributed by atoms with Gasteiger partial charge in [0.25, 0.3) is 0 Å². The number of aryl methyl sites for hydroxylation is 1. The summed E-state index contributed by atoms with van der Waals surface area (Å²) in [5.74, 6) is 0.554. The van der Waals surface area contributed by atoms with E-state index in [2.05, 4.69) is 10.6 Å². The third-order valence-electron chi connectivity index (χ3n) is 2.92. The molecule has 5 heteroatoms. The van der Waals surface area contributed by atoms with Crippen LogP contribution in [0.3, 0.4) is 0 Å². The lowest BCUT2D eigenvalue weighted by atomic mass is 10.1. The Kier molecular flexibility index (Phi) is 4.02. The monoisotopic (exact) mass is 254 g/mol. The van der Waals surface area contributed by atoms with Gasteiger partial charge >= 0.3 is 6.03 Å².